The lowest BCUT2D eigenvalue weighted by Gasteiger charge is -2.38. The smallest absolute Gasteiger partial charge is 0.241 e. The molecule has 1 fully saturated rings. The zero-order valence-electron chi connectivity index (χ0n) is 11.8. The van der Waals surface area contributed by atoms with Crippen LogP contribution in [0.1, 0.15) is 31.7 Å². The van der Waals surface area contributed by atoms with E-state index in [1.54, 1.807) is 0 Å². The van der Waals surface area contributed by atoms with Gasteiger partial charge in [-0.05, 0) is 36.5 Å². The topological polar surface area (TPSA) is 66.4 Å². The lowest BCUT2D eigenvalue weighted by atomic mass is 9.71. The number of halogens is 1. The monoisotopic (exact) mass is 311 g/mol. The summed E-state index contributed by atoms with van der Waals surface area (Å²) < 4.78 is 40.5. The second kappa shape index (κ2) is 6.14. The van der Waals surface area contributed by atoms with E-state index in [4.69, 9.17) is 5.11 Å². The van der Waals surface area contributed by atoms with E-state index in [1.165, 1.54) is 6.07 Å². The first kappa shape index (κ1) is 16.0. The molecule has 0 atom stereocenters. The lowest BCUT2D eigenvalue weighted by Crippen LogP contribution is -2.40. The molecule has 0 heterocycles. The molecule has 6 heteroatoms. The van der Waals surface area contributed by atoms with Crippen LogP contribution in [0.25, 0.3) is 0 Å². The van der Waals surface area contributed by atoms with E-state index >= 15 is 0 Å². The molecule has 0 amide bonds. The fourth-order valence-corrected chi connectivity index (χ4v) is 3.61. The van der Waals surface area contributed by atoms with Crippen molar-refractivity contribution in [1.82, 2.24) is 4.72 Å². The summed E-state index contributed by atoms with van der Waals surface area (Å²) in [6.07, 6.45) is 3.11. The summed E-state index contributed by atoms with van der Waals surface area (Å²) in [4.78, 5) is -0.0622. The third kappa shape index (κ3) is 3.82. The van der Waals surface area contributed by atoms with E-state index in [2.05, 4.69) is 16.6 Å². The van der Waals surface area contributed by atoms with E-state index in [9.17, 15) is 12.8 Å². The summed E-state index contributed by atoms with van der Waals surface area (Å²) >= 11 is 0. The van der Waals surface area contributed by atoms with Gasteiger partial charge in [-0.1, -0.05) is 25.2 Å². The van der Waals surface area contributed by atoms with Gasteiger partial charge in [0, 0.05) is 12.1 Å². The summed E-state index contributed by atoms with van der Waals surface area (Å²) in [5.74, 6) is 4.25. The highest BCUT2D eigenvalue weighted by atomic mass is 32.2. The van der Waals surface area contributed by atoms with Crippen molar-refractivity contribution in [2.75, 3.05) is 13.2 Å². The number of nitrogens with one attached hydrogen (secondary N) is 1. The molecule has 0 saturated heterocycles. The van der Waals surface area contributed by atoms with Crippen LogP contribution in [0.4, 0.5) is 4.39 Å². The van der Waals surface area contributed by atoms with Crippen LogP contribution in [0.3, 0.4) is 0 Å². The van der Waals surface area contributed by atoms with Gasteiger partial charge in [-0.25, -0.2) is 17.5 Å². The molecular weight excluding hydrogens is 293 g/mol. The zero-order chi connectivity index (χ0) is 15.5. The molecule has 1 saturated carbocycles. The van der Waals surface area contributed by atoms with E-state index in [0.717, 1.165) is 31.4 Å². The maximum absolute atomic E-state index is 13.3. The molecule has 0 bridgehead atoms. The highest BCUT2D eigenvalue weighted by molar-refractivity contribution is 7.89. The molecule has 1 aromatic rings. The highest BCUT2D eigenvalue weighted by Crippen LogP contribution is 2.39. The third-order valence-electron chi connectivity index (χ3n) is 3.78. The van der Waals surface area contributed by atoms with Crippen LogP contribution in [0, 0.1) is 23.1 Å². The number of rotatable bonds is 4. The Hall–Kier alpha value is -1.42. The van der Waals surface area contributed by atoms with Gasteiger partial charge in [-0.3, -0.25) is 0 Å². The average Bonchev–Trinajstić information content (AvgIpc) is 2.40. The molecule has 0 aliphatic heterocycles. The van der Waals surface area contributed by atoms with Crippen LogP contribution in [-0.2, 0) is 10.0 Å². The molecule has 0 unspecified atom stereocenters. The summed E-state index contributed by atoms with van der Waals surface area (Å²) in [5.41, 5.74) is 0.0552. The van der Waals surface area contributed by atoms with E-state index in [0.29, 0.717) is 6.54 Å². The van der Waals surface area contributed by atoms with Crippen LogP contribution in [0.2, 0.25) is 0 Å². The van der Waals surface area contributed by atoms with Gasteiger partial charge in [0.1, 0.15) is 12.4 Å². The Morgan fingerprint density at radius 2 is 2.14 bits per heavy atom. The maximum atomic E-state index is 13.3. The van der Waals surface area contributed by atoms with Crippen molar-refractivity contribution in [3.63, 3.8) is 0 Å². The third-order valence-corrected chi connectivity index (χ3v) is 5.24. The highest BCUT2D eigenvalue weighted by Gasteiger charge is 2.33. The number of aliphatic hydroxyl groups is 1. The van der Waals surface area contributed by atoms with Gasteiger partial charge in [-0.15, -0.1) is 0 Å². The first-order valence-corrected chi connectivity index (χ1v) is 8.24. The minimum atomic E-state index is -3.75. The van der Waals surface area contributed by atoms with Crippen molar-refractivity contribution in [1.29, 1.82) is 0 Å². The van der Waals surface area contributed by atoms with Crippen molar-refractivity contribution in [3.8, 4) is 11.8 Å². The summed E-state index contributed by atoms with van der Waals surface area (Å²) in [6.45, 7) is 1.98. The Kier molecular flexibility index (Phi) is 4.67. The molecule has 1 aliphatic rings. The maximum Gasteiger partial charge on any atom is 0.241 e. The van der Waals surface area contributed by atoms with Crippen LogP contribution in [0.15, 0.2) is 23.1 Å². The average molecular weight is 311 g/mol. The Labute approximate surface area is 124 Å². The number of aliphatic hydroxyl groups excluding tert-OH is 1. The summed E-state index contributed by atoms with van der Waals surface area (Å²) in [5, 5.41) is 8.71. The van der Waals surface area contributed by atoms with Crippen molar-refractivity contribution in [2.45, 2.75) is 31.1 Å². The second-order valence-electron chi connectivity index (χ2n) is 5.59. The SMILES string of the molecule is CC1(CNS(=O)(=O)c2ccc(F)cc2C#CCO)CCC1. The molecule has 2 rings (SSSR count). The number of benzene rings is 1. The number of hydrogen-bond acceptors (Lipinski definition) is 3. The molecule has 0 spiro atoms. The molecule has 4 nitrogen and oxygen atoms in total. The first-order chi connectivity index (χ1) is 9.86. The van der Waals surface area contributed by atoms with Crippen molar-refractivity contribution < 1.29 is 17.9 Å². The lowest BCUT2D eigenvalue weighted by molar-refractivity contribution is 0.166. The quantitative estimate of drug-likeness (QED) is 0.831. The summed E-state index contributed by atoms with van der Waals surface area (Å²) in [7, 11) is -3.75. The van der Waals surface area contributed by atoms with Crippen LogP contribution < -0.4 is 4.72 Å². The molecule has 114 valence electrons. The van der Waals surface area contributed by atoms with Crippen LogP contribution in [0.5, 0.6) is 0 Å². The second-order valence-corrected chi connectivity index (χ2v) is 7.32. The Morgan fingerprint density at radius 3 is 2.71 bits per heavy atom. The van der Waals surface area contributed by atoms with Gasteiger partial charge in [0.05, 0.1) is 4.90 Å². The Bertz CT molecular complexity index is 685. The van der Waals surface area contributed by atoms with Gasteiger partial charge >= 0.3 is 0 Å². The molecule has 1 aliphatic carbocycles. The van der Waals surface area contributed by atoms with Crippen LogP contribution >= 0.6 is 0 Å². The minimum absolute atomic E-state index is 0.00401. The molecule has 0 aromatic heterocycles. The largest absolute Gasteiger partial charge is 0.384 e. The van der Waals surface area contributed by atoms with E-state index < -0.39 is 22.4 Å². The zero-order valence-corrected chi connectivity index (χ0v) is 12.6. The number of hydrogen-bond donors (Lipinski definition) is 2. The predicted molar refractivity (Wildman–Crippen MR) is 77.5 cm³/mol. The van der Waals surface area contributed by atoms with Crippen molar-refractivity contribution in [3.05, 3.63) is 29.6 Å². The van der Waals surface area contributed by atoms with Gasteiger partial charge in [0.2, 0.25) is 10.0 Å². The van der Waals surface area contributed by atoms with Gasteiger partial charge in [0.25, 0.3) is 0 Å². The molecular formula is C15H18FNO3S. The van der Waals surface area contributed by atoms with E-state index in [-0.39, 0.29) is 15.9 Å². The predicted octanol–water partition coefficient (Wildman–Crippen LogP) is 1.64. The fraction of sp³-hybridized carbons (Fsp3) is 0.467. The van der Waals surface area contributed by atoms with E-state index in [1.807, 2.05) is 6.92 Å². The fourth-order valence-electron chi connectivity index (χ4n) is 2.27. The molecule has 21 heavy (non-hydrogen) atoms. The van der Waals surface area contributed by atoms with Crippen LogP contribution in [-0.4, -0.2) is 26.7 Å². The molecule has 0 radical (unpaired) electrons. The van der Waals surface area contributed by atoms with Crippen molar-refractivity contribution >= 4 is 10.0 Å². The Morgan fingerprint density at radius 1 is 1.43 bits per heavy atom. The number of sulfonamides is 1. The van der Waals surface area contributed by atoms with Gasteiger partial charge in [0.15, 0.2) is 0 Å². The van der Waals surface area contributed by atoms with Crippen molar-refractivity contribution in [2.24, 2.45) is 5.41 Å². The molecule has 1 aromatic carbocycles. The summed E-state index contributed by atoms with van der Waals surface area (Å²) in [6, 6.07) is 3.34. The Balaban J connectivity index is 2.26. The normalized spacial score (nSPS) is 16.7. The molecule has 2 N–H and O–H groups in total. The van der Waals surface area contributed by atoms with Gasteiger partial charge < -0.3 is 5.11 Å². The van der Waals surface area contributed by atoms with Gasteiger partial charge in [-0.2, -0.15) is 0 Å². The standard InChI is InChI=1S/C15H18FNO3S/c1-15(7-3-8-15)11-17-21(19,20)14-6-5-13(16)10-12(14)4-2-9-18/h5-6,10,17-18H,3,7-9,11H2,1H3. The first-order valence-electron chi connectivity index (χ1n) is 6.75. The minimum Gasteiger partial charge on any atom is -0.384 e.